The van der Waals surface area contributed by atoms with Crippen LogP contribution in [0.4, 0.5) is 11.4 Å². The number of ether oxygens (including phenoxy) is 3. The van der Waals surface area contributed by atoms with E-state index < -0.39 is 16.3 Å². The van der Waals surface area contributed by atoms with Crippen LogP contribution in [0.3, 0.4) is 0 Å². The molecule has 0 saturated carbocycles. The summed E-state index contributed by atoms with van der Waals surface area (Å²) in [6.45, 7) is 0. The number of fused-ring (bicyclic) bond motifs is 1. The van der Waals surface area contributed by atoms with Gasteiger partial charge in [0, 0.05) is 25.7 Å². The second-order valence-electron chi connectivity index (χ2n) is 6.97. The van der Waals surface area contributed by atoms with E-state index in [1.165, 1.54) is 12.1 Å². The fourth-order valence-corrected chi connectivity index (χ4v) is 4.25. The first-order chi connectivity index (χ1) is 14.4. The van der Waals surface area contributed by atoms with E-state index >= 15 is 0 Å². The average Bonchev–Trinajstić information content (AvgIpc) is 3.17. The van der Waals surface area contributed by atoms with Crippen LogP contribution in [0.2, 0.25) is 0 Å². The van der Waals surface area contributed by atoms with Gasteiger partial charge < -0.3 is 19.1 Å². The third-order valence-electron chi connectivity index (χ3n) is 4.68. The van der Waals surface area contributed by atoms with Gasteiger partial charge in [0.15, 0.2) is 11.5 Å². The summed E-state index contributed by atoms with van der Waals surface area (Å²) in [5, 5.41) is 0. The predicted octanol–water partition coefficient (Wildman–Crippen LogP) is 4.03. The van der Waals surface area contributed by atoms with Crippen molar-refractivity contribution in [3.8, 4) is 17.2 Å². The minimum atomic E-state index is -3.69. The van der Waals surface area contributed by atoms with Crippen molar-refractivity contribution in [3.63, 3.8) is 0 Å². The summed E-state index contributed by atoms with van der Waals surface area (Å²) in [4.78, 5) is 2.15. The van der Waals surface area contributed by atoms with Crippen molar-refractivity contribution in [3.05, 3.63) is 72.3 Å². The molecule has 0 fully saturated rings. The van der Waals surface area contributed by atoms with Crippen molar-refractivity contribution in [2.45, 2.75) is 11.2 Å². The van der Waals surface area contributed by atoms with Gasteiger partial charge in [-0.25, -0.2) is 8.42 Å². The first-order valence-electron chi connectivity index (χ1n) is 9.28. The Bertz CT molecular complexity index is 1160. The molecule has 4 rings (SSSR count). The second-order valence-corrected chi connectivity index (χ2v) is 8.66. The number of nitrogens with zero attached hydrogens (tertiary/aromatic N) is 1. The maximum Gasteiger partial charge on any atom is 0.268 e. The van der Waals surface area contributed by atoms with Crippen molar-refractivity contribution in [1.29, 1.82) is 0 Å². The second kappa shape index (κ2) is 7.79. The van der Waals surface area contributed by atoms with Crippen molar-refractivity contribution in [2.24, 2.45) is 0 Å². The minimum Gasteiger partial charge on any atom is -0.495 e. The molecule has 0 bridgehead atoms. The van der Waals surface area contributed by atoms with Crippen LogP contribution in [0, 0.1) is 0 Å². The van der Waals surface area contributed by atoms with Crippen LogP contribution in [0.5, 0.6) is 17.2 Å². The van der Waals surface area contributed by atoms with Crippen molar-refractivity contribution in [2.75, 3.05) is 30.8 Å². The molecule has 7 nitrogen and oxygen atoms in total. The molecular formula is C22H22N2O5S. The number of hydrogen-bond donors (Lipinski definition) is 1. The Labute approximate surface area is 175 Å². The standard InChI is InChI=1S/C22H22N2O5S/c1-24(2)18-11-9-15(13-20(18)27-3)22-28-19-12-10-16(14-21(19)29-22)23-30(25,26)17-7-5-4-6-8-17/h4-14,22-23H,1-3H3. The molecule has 1 atom stereocenters. The number of rotatable bonds is 6. The van der Waals surface area contributed by atoms with E-state index in [0.717, 1.165) is 11.3 Å². The lowest BCUT2D eigenvalue weighted by molar-refractivity contribution is 0.0485. The van der Waals surface area contributed by atoms with Gasteiger partial charge in [0.2, 0.25) is 0 Å². The predicted molar refractivity (Wildman–Crippen MR) is 115 cm³/mol. The molecular weight excluding hydrogens is 404 g/mol. The SMILES string of the molecule is COc1cc(C2Oc3ccc(NS(=O)(=O)c4ccccc4)cc3O2)ccc1N(C)C. The van der Waals surface area contributed by atoms with Gasteiger partial charge in [-0.15, -0.1) is 0 Å². The van der Waals surface area contributed by atoms with E-state index in [4.69, 9.17) is 14.2 Å². The maximum atomic E-state index is 12.5. The van der Waals surface area contributed by atoms with Crippen molar-refractivity contribution >= 4 is 21.4 Å². The summed E-state index contributed by atoms with van der Waals surface area (Å²) in [6.07, 6.45) is -0.647. The lowest BCUT2D eigenvalue weighted by Crippen LogP contribution is -2.12. The number of sulfonamides is 1. The fourth-order valence-electron chi connectivity index (χ4n) is 3.18. The maximum absolute atomic E-state index is 12.5. The zero-order valence-corrected chi connectivity index (χ0v) is 17.6. The van der Waals surface area contributed by atoms with E-state index in [-0.39, 0.29) is 4.90 Å². The van der Waals surface area contributed by atoms with Gasteiger partial charge in [-0.05, 0) is 42.5 Å². The van der Waals surface area contributed by atoms with Gasteiger partial charge in [-0.1, -0.05) is 18.2 Å². The van der Waals surface area contributed by atoms with Crippen LogP contribution in [-0.2, 0) is 10.0 Å². The number of nitrogens with one attached hydrogen (secondary N) is 1. The highest BCUT2D eigenvalue weighted by atomic mass is 32.2. The Balaban J connectivity index is 1.55. The first-order valence-corrected chi connectivity index (χ1v) is 10.8. The normalized spacial score (nSPS) is 15.0. The van der Waals surface area contributed by atoms with Crippen LogP contribution < -0.4 is 23.8 Å². The van der Waals surface area contributed by atoms with Crippen LogP contribution in [-0.4, -0.2) is 29.6 Å². The highest BCUT2D eigenvalue weighted by Gasteiger charge is 2.27. The van der Waals surface area contributed by atoms with Gasteiger partial charge in [-0.3, -0.25) is 4.72 Å². The largest absolute Gasteiger partial charge is 0.495 e. The molecule has 8 heteroatoms. The van der Waals surface area contributed by atoms with Gasteiger partial charge >= 0.3 is 0 Å². The van der Waals surface area contributed by atoms with E-state index in [1.807, 2.05) is 37.2 Å². The van der Waals surface area contributed by atoms with E-state index in [0.29, 0.717) is 22.9 Å². The van der Waals surface area contributed by atoms with Crippen LogP contribution in [0.1, 0.15) is 11.9 Å². The zero-order chi connectivity index (χ0) is 21.3. The Morgan fingerprint density at radius 2 is 1.67 bits per heavy atom. The number of anilines is 2. The molecule has 0 radical (unpaired) electrons. The minimum absolute atomic E-state index is 0.189. The van der Waals surface area contributed by atoms with Gasteiger partial charge in [0.25, 0.3) is 16.3 Å². The molecule has 1 aliphatic heterocycles. The lowest BCUT2D eigenvalue weighted by Gasteiger charge is -2.18. The Morgan fingerprint density at radius 3 is 2.37 bits per heavy atom. The zero-order valence-electron chi connectivity index (χ0n) is 16.8. The highest BCUT2D eigenvalue weighted by Crippen LogP contribution is 2.43. The molecule has 156 valence electrons. The van der Waals surface area contributed by atoms with Crippen LogP contribution in [0.25, 0.3) is 0 Å². The molecule has 0 aliphatic carbocycles. The molecule has 3 aromatic rings. The summed E-state index contributed by atoms with van der Waals surface area (Å²) < 4.78 is 44.9. The van der Waals surface area contributed by atoms with Gasteiger partial charge in [-0.2, -0.15) is 0 Å². The average molecular weight is 426 g/mol. The number of benzene rings is 3. The van der Waals surface area contributed by atoms with E-state index in [2.05, 4.69) is 4.72 Å². The topological polar surface area (TPSA) is 77.1 Å². The summed E-state index contributed by atoms with van der Waals surface area (Å²) in [6, 6.07) is 18.8. The molecule has 30 heavy (non-hydrogen) atoms. The van der Waals surface area contributed by atoms with E-state index in [9.17, 15) is 8.42 Å². The number of hydrogen-bond acceptors (Lipinski definition) is 6. The number of methoxy groups -OCH3 is 1. The molecule has 1 N–H and O–H groups in total. The van der Waals surface area contributed by atoms with Crippen LogP contribution in [0.15, 0.2) is 71.6 Å². The van der Waals surface area contributed by atoms with Crippen LogP contribution >= 0.6 is 0 Å². The Kier molecular flexibility index (Phi) is 5.17. The monoisotopic (exact) mass is 426 g/mol. The first kappa shape index (κ1) is 19.9. The lowest BCUT2D eigenvalue weighted by atomic mass is 10.1. The summed E-state index contributed by atoms with van der Waals surface area (Å²) >= 11 is 0. The third-order valence-corrected chi connectivity index (χ3v) is 6.07. The summed E-state index contributed by atoms with van der Waals surface area (Å²) in [5.74, 6) is 1.71. The van der Waals surface area contributed by atoms with Crippen molar-refractivity contribution < 1.29 is 22.6 Å². The summed E-state index contributed by atoms with van der Waals surface area (Å²) in [5.41, 5.74) is 2.12. The van der Waals surface area contributed by atoms with Gasteiger partial charge in [0.1, 0.15) is 5.75 Å². The van der Waals surface area contributed by atoms with Crippen molar-refractivity contribution in [1.82, 2.24) is 0 Å². The van der Waals surface area contributed by atoms with E-state index in [1.54, 1.807) is 43.5 Å². The molecule has 3 aromatic carbocycles. The molecule has 1 aliphatic rings. The molecule has 1 heterocycles. The molecule has 0 spiro atoms. The smallest absolute Gasteiger partial charge is 0.268 e. The third kappa shape index (κ3) is 3.86. The molecule has 1 unspecified atom stereocenters. The molecule has 0 aromatic heterocycles. The summed E-state index contributed by atoms with van der Waals surface area (Å²) in [7, 11) is 1.80. The Morgan fingerprint density at radius 1 is 0.933 bits per heavy atom. The van der Waals surface area contributed by atoms with Gasteiger partial charge in [0.05, 0.1) is 23.4 Å². The highest BCUT2D eigenvalue weighted by molar-refractivity contribution is 7.92. The quantitative estimate of drug-likeness (QED) is 0.641. The molecule has 0 amide bonds. The Hall–Kier alpha value is -3.39. The molecule has 0 saturated heterocycles. The fraction of sp³-hybridized carbons (Fsp3) is 0.182.